The third-order valence-corrected chi connectivity index (χ3v) is 5.05. The van der Waals surface area contributed by atoms with Crippen LogP contribution in [0.5, 0.6) is 0 Å². The number of rotatable bonds is 6. The molecule has 136 valence electrons. The van der Waals surface area contributed by atoms with Crippen LogP contribution in [0.25, 0.3) is 0 Å². The Morgan fingerprint density at radius 1 is 1.19 bits per heavy atom. The number of nitrogens with one attached hydrogen (secondary N) is 1. The Kier molecular flexibility index (Phi) is 5.08. The molecule has 1 aliphatic heterocycles. The first kappa shape index (κ1) is 16.9. The lowest BCUT2D eigenvalue weighted by Crippen LogP contribution is -2.34. The molecule has 0 spiro atoms. The molecule has 2 N–H and O–H groups in total. The molecule has 1 saturated heterocycles. The molecule has 0 aliphatic carbocycles. The summed E-state index contributed by atoms with van der Waals surface area (Å²) in [7, 11) is 0. The number of aromatic amines is 1. The molecule has 7 heteroatoms. The van der Waals surface area contributed by atoms with Gasteiger partial charge >= 0.3 is 0 Å². The standard InChI is InChI=1S/C19H24N6O/c26-19(16-4-2-1-3-5-16)18-13-25(23-22-18)11-15-6-8-24(9-7-15)12-17-10-20-14-21-17/h1-5,10,13-15,19,26H,6-9,11-12H2,(H,20,21). The second kappa shape index (κ2) is 7.80. The molecule has 1 atom stereocenters. The predicted molar refractivity (Wildman–Crippen MR) is 97.1 cm³/mol. The number of aliphatic hydroxyl groups excluding tert-OH is 1. The van der Waals surface area contributed by atoms with E-state index in [1.54, 1.807) is 6.33 Å². The molecule has 0 radical (unpaired) electrons. The van der Waals surface area contributed by atoms with Crippen LogP contribution in [0.1, 0.15) is 35.9 Å². The molecule has 3 aromatic rings. The SMILES string of the molecule is OC(c1ccccc1)c1cn(CC2CCN(Cc3cnc[nH]3)CC2)nn1. The van der Waals surface area contributed by atoms with E-state index in [1.807, 2.05) is 47.4 Å². The van der Waals surface area contributed by atoms with Crippen molar-refractivity contribution in [3.63, 3.8) is 0 Å². The zero-order chi connectivity index (χ0) is 17.8. The Morgan fingerprint density at radius 3 is 2.73 bits per heavy atom. The van der Waals surface area contributed by atoms with Gasteiger partial charge < -0.3 is 10.1 Å². The largest absolute Gasteiger partial charge is 0.382 e. The predicted octanol–water partition coefficient (Wildman–Crippen LogP) is 2.00. The van der Waals surface area contributed by atoms with E-state index >= 15 is 0 Å². The van der Waals surface area contributed by atoms with Gasteiger partial charge in [-0.05, 0) is 37.4 Å². The maximum atomic E-state index is 10.4. The van der Waals surface area contributed by atoms with Gasteiger partial charge in [0.1, 0.15) is 11.8 Å². The van der Waals surface area contributed by atoms with Crippen molar-refractivity contribution in [2.24, 2.45) is 5.92 Å². The number of imidazole rings is 1. The summed E-state index contributed by atoms with van der Waals surface area (Å²) < 4.78 is 1.87. The molecule has 0 bridgehead atoms. The number of nitrogens with zero attached hydrogens (tertiary/aromatic N) is 5. The Balaban J connectivity index is 1.30. The highest BCUT2D eigenvalue weighted by atomic mass is 16.3. The van der Waals surface area contributed by atoms with Gasteiger partial charge in [-0.15, -0.1) is 5.10 Å². The number of H-pyrrole nitrogens is 1. The van der Waals surface area contributed by atoms with Crippen molar-refractivity contribution in [2.45, 2.75) is 32.0 Å². The summed E-state index contributed by atoms with van der Waals surface area (Å²) in [5, 5.41) is 18.8. The van der Waals surface area contributed by atoms with Crippen LogP contribution in [0.3, 0.4) is 0 Å². The first-order valence-electron chi connectivity index (χ1n) is 9.10. The van der Waals surface area contributed by atoms with Crippen molar-refractivity contribution in [1.29, 1.82) is 0 Å². The number of likely N-dealkylation sites (tertiary alicyclic amines) is 1. The summed E-state index contributed by atoms with van der Waals surface area (Å²) in [6, 6.07) is 9.57. The monoisotopic (exact) mass is 352 g/mol. The number of piperidine rings is 1. The molecule has 3 heterocycles. The molecule has 1 unspecified atom stereocenters. The van der Waals surface area contributed by atoms with E-state index in [0.717, 1.165) is 44.6 Å². The van der Waals surface area contributed by atoms with Gasteiger partial charge in [0, 0.05) is 25.0 Å². The van der Waals surface area contributed by atoms with Gasteiger partial charge in [-0.1, -0.05) is 35.5 Å². The Morgan fingerprint density at radius 2 is 2.00 bits per heavy atom. The van der Waals surface area contributed by atoms with Crippen LogP contribution in [-0.2, 0) is 13.1 Å². The Bertz CT molecular complexity index is 793. The average Bonchev–Trinajstić information content (AvgIpc) is 3.36. The van der Waals surface area contributed by atoms with Crippen molar-refractivity contribution in [1.82, 2.24) is 29.9 Å². The third kappa shape index (κ3) is 4.00. The smallest absolute Gasteiger partial charge is 0.124 e. The summed E-state index contributed by atoms with van der Waals surface area (Å²) in [5.74, 6) is 0.594. The normalized spacial score (nSPS) is 17.4. The van der Waals surface area contributed by atoms with Gasteiger partial charge in [0.25, 0.3) is 0 Å². The zero-order valence-corrected chi connectivity index (χ0v) is 14.7. The highest BCUT2D eigenvalue weighted by Gasteiger charge is 2.21. The summed E-state index contributed by atoms with van der Waals surface area (Å²) >= 11 is 0. The Hall–Kier alpha value is -2.51. The fourth-order valence-corrected chi connectivity index (χ4v) is 3.54. The highest BCUT2D eigenvalue weighted by molar-refractivity contribution is 5.23. The minimum atomic E-state index is -0.721. The van der Waals surface area contributed by atoms with Crippen molar-refractivity contribution >= 4 is 0 Å². The van der Waals surface area contributed by atoms with Crippen molar-refractivity contribution in [3.05, 3.63) is 66.0 Å². The number of aromatic nitrogens is 5. The lowest BCUT2D eigenvalue weighted by molar-refractivity contribution is 0.163. The van der Waals surface area contributed by atoms with Crippen LogP contribution in [0.15, 0.2) is 49.1 Å². The number of aliphatic hydroxyl groups is 1. The molecule has 26 heavy (non-hydrogen) atoms. The summed E-state index contributed by atoms with van der Waals surface area (Å²) in [5.41, 5.74) is 2.61. The van der Waals surface area contributed by atoms with Crippen molar-refractivity contribution in [3.8, 4) is 0 Å². The van der Waals surface area contributed by atoms with Gasteiger partial charge in [0.15, 0.2) is 0 Å². The molecule has 0 amide bonds. The molecule has 0 saturated carbocycles. The summed E-state index contributed by atoms with van der Waals surface area (Å²) in [6.45, 7) is 3.95. The van der Waals surface area contributed by atoms with Crippen molar-refractivity contribution in [2.75, 3.05) is 13.1 Å². The topological polar surface area (TPSA) is 82.9 Å². The molecule has 1 aromatic carbocycles. The lowest BCUT2D eigenvalue weighted by Gasteiger charge is -2.31. The first-order valence-corrected chi connectivity index (χ1v) is 9.10. The van der Waals surface area contributed by atoms with Gasteiger partial charge in [0.2, 0.25) is 0 Å². The van der Waals surface area contributed by atoms with Gasteiger partial charge in [-0.25, -0.2) is 4.98 Å². The van der Waals surface area contributed by atoms with E-state index in [1.165, 1.54) is 5.69 Å². The maximum absolute atomic E-state index is 10.4. The first-order chi connectivity index (χ1) is 12.8. The van der Waals surface area contributed by atoms with Gasteiger partial charge in [-0.2, -0.15) is 0 Å². The molecule has 1 aliphatic rings. The van der Waals surface area contributed by atoms with Crippen LogP contribution < -0.4 is 0 Å². The van der Waals surface area contributed by atoms with E-state index < -0.39 is 6.10 Å². The van der Waals surface area contributed by atoms with Crippen LogP contribution in [0.2, 0.25) is 0 Å². The quantitative estimate of drug-likeness (QED) is 0.709. The van der Waals surface area contributed by atoms with Gasteiger partial charge in [-0.3, -0.25) is 9.58 Å². The van der Waals surface area contributed by atoms with Crippen molar-refractivity contribution < 1.29 is 5.11 Å². The third-order valence-electron chi connectivity index (χ3n) is 5.05. The summed E-state index contributed by atoms with van der Waals surface area (Å²) in [4.78, 5) is 9.69. The maximum Gasteiger partial charge on any atom is 0.124 e. The lowest BCUT2D eigenvalue weighted by atomic mass is 9.97. The minimum absolute atomic E-state index is 0.594. The second-order valence-electron chi connectivity index (χ2n) is 6.98. The molecule has 4 rings (SSSR count). The minimum Gasteiger partial charge on any atom is -0.382 e. The number of hydrogen-bond acceptors (Lipinski definition) is 5. The van der Waals surface area contributed by atoms with E-state index in [4.69, 9.17) is 0 Å². The van der Waals surface area contributed by atoms with E-state index in [9.17, 15) is 5.11 Å². The van der Waals surface area contributed by atoms with E-state index in [2.05, 4.69) is 25.2 Å². The highest BCUT2D eigenvalue weighted by Crippen LogP contribution is 2.22. The fourth-order valence-electron chi connectivity index (χ4n) is 3.54. The van der Waals surface area contributed by atoms with Crippen LogP contribution >= 0.6 is 0 Å². The van der Waals surface area contributed by atoms with Crippen LogP contribution in [0.4, 0.5) is 0 Å². The van der Waals surface area contributed by atoms with E-state index in [0.29, 0.717) is 11.6 Å². The molecule has 7 nitrogen and oxygen atoms in total. The van der Waals surface area contributed by atoms with E-state index in [-0.39, 0.29) is 0 Å². The average molecular weight is 352 g/mol. The molecule has 1 fully saturated rings. The van der Waals surface area contributed by atoms with Gasteiger partial charge in [0.05, 0.1) is 12.5 Å². The fraction of sp³-hybridized carbons (Fsp3) is 0.421. The van der Waals surface area contributed by atoms with Crippen LogP contribution in [0, 0.1) is 5.92 Å². The molecular weight excluding hydrogens is 328 g/mol. The van der Waals surface area contributed by atoms with Crippen LogP contribution in [-0.4, -0.2) is 48.1 Å². The Labute approximate surface area is 152 Å². The number of hydrogen-bond donors (Lipinski definition) is 2. The zero-order valence-electron chi connectivity index (χ0n) is 14.7. The second-order valence-corrected chi connectivity index (χ2v) is 6.98. The molecular formula is C19H24N6O. The molecule has 2 aromatic heterocycles. The summed E-state index contributed by atoms with van der Waals surface area (Å²) in [6.07, 6.45) is 7.06. The number of benzene rings is 1.